The topological polar surface area (TPSA) is 111 Å². The highest BCUT2D eigenvalue weighted by molar-refractivity contribution is 7.89. The summed E-state index contributed by atoms with van der Waals surface area (Å²) in [5.41, 5.74) is 4.45. The molecule has 1 aromatic heterocycles. The molecule has 0 amide bonds. The van der Waals surface area contributed by atoms with Gasteiger partial charge >= 0.3 is 6.18 Å². The van der Waals surface area contributed by atoms with Crippen molar-refractivity contribution in [1.82, 2.24) is 4.98 Å². The molecule has 6 nitrogen and oxygen atoms in total. The maximum Gasteiger partial charge on any atom is 0.433 e. The zero-order chi connectivity index (χ0) is 16.3. The Morgan fingerprint density at radius 2 is 2.00 bits per heavy atom. The molecular formula is C10H13F3N4O2S2. The predicted molar refractivity (Wildman–Crippen MR) is 76.2 cm³/mol. The van der Waals surface area contributed by atoms with Crippen LogP contribution in [0.3, 0.4) is 0 Å². The minimum Gasteiger partial charge on any atom is -0.389 e. The number of thiocarbonyl (C=S) groups is 1. The van der Waals surface area contributed by atoms with E-state index in [0.29, 0.717) is 0 Å². The molecular weight excluding hydrogens is 329 g/mol. The molecule has 21 heavy (non-hydrogen) atoms. The first-order valence-electron chi connectivity index (χ1n) is 5.63. The highest BCUT2D eigenvalue weighted by Gasteiger charge is 2.33. The van der Waals surface area contributed by atoms with Gasteiger partial charge in [-0.2, -0.15) is 13.2 Å². The van der Waals surface area contributed by atoms with Crippen LogP contribution in [0.15, 0.2) is 12.1 Å². The molecule has 0 saturated heterocycles. The van der Waals surface area contributed by atoms with Crippen molar-refractivity contribution in [3.63, 3.8) is 0 Å². The molecule has 0 spiro atoms. The van der Waals surface area contributed by atoms with E-state index in [1.165, 1.54) is 0 Å². The van der Waals surface area contributed by atoms with Crippen molar-refractivity contribution < 1.29 is 21.6 Å². The number of alkyl halides is 3. The van der Waals surface area contributed by atoms with Crippen molar-refractivity contribution in [3.8, 4) is 0 Å². The Bertz CT molecular complexity index is 632. The minimum atomic E-state index is -4.61. The summed E-state index contributed by atoms with van der Waals surface area (Å²) < 4.78 is 59.3. The quantitative estimate of drug-likeness (QED) is 0.521. The van der Waals surface area contributed by atoms with Crippen LogP contribution < -0.4 is 16.2 Å². The molecule has 1 aromatic rings. The van der Waals surface area contributed by atoms with Gasteiger partial charge in [0.25, 0.3) is 0 Å². The zero-order valence-corrected chi connectivity index (χ0v) is 12.3. The summed E-state index contributed by atoms with van der Waals surface area (Å²) in [6.07, 6.45) is -4.50. The molecule has 5 N–H and O–H groups in total. The number of hydrogen-bond donors (Lipinski definition) is 3. The third kappa shape index (κ3) is 5.81. The SMILES string of the molecule is NC(=S)c1ccc(C(F)(F)F)nc1NCCCS(N)(=O)=O. The van der Waals surface area contributed by atoms with Gasteiger partial charge in [-0.15, -0.1) is 0 Å². The second kappa shape index (κ2) is 6.54. The van der Waals surface area contributed by atoms with Gasteiger partial charge in [0.2, 0.25) is 10.0 Å². The minimum absolute atomic E-state index is 0.0559. The molecule has 118 valence electrons. The fourth-order valence-corrected chi connectivity index (χ4v) is 2.14. The maximum absolute atomic E-state index is 12.6. The molecule has 0 radical (unpaired) electrons. The number of nitrogens with one attached hydrogen (secondary N) is 1. The summed E-state index contributed by atoms with van der Waals surface area (Å²) in [7, 11) is -3.63. The van der Waals surface area contributed by atoms with Crippen molar-refractivity contribution in [3.05, 3.63) is 23.4 Å². The monoisotopic (exact) mass is 342 g/mol. The van der Waals surface area contributed by atoms with Crippen molar-refractivity contribution in [2.45, 2.75) is 12.6 Å². The van der Waals surface area contributed by atoms with Crippen LogP contribution in [-0.4, -0.2) is 30.7 Å². The average molecular weight is 342 g/mol. The number of anilines is 1. The molecule has 0 aromatic carbocycles. The molecule has 0 unspecified atom stereocenters. The van der Waals surface area contributed by atoms with Gasteiger partial charge in [0.05, 0.1) is 11.3 Å². The third-order valence-electron chi connectivity index (χ3n) is 2.35. The second-order valence-corrected chi connectivity index (χ2v) is 6.28. The lowest BCUT2D eigenvalue weighted by Gasteiger charge is -2.13. The van der Waals surface area contributed by atoms with Crippen LogP contribution >= 0.6 is 12.2 Å². The van der Waals surface area contributed by atoms with Crippen molar-refractivity contribution in [2.24, 2.45) is 10.9 Å². The van der Waals surface area contributed by atoms with Gasteiger partial charge < -0.3 is 11.1 Å². The van der Waals surface area contributed by atoms with Gasteiger partial charge in [0.15, 0.2) is 0 Å². The van der Waals surface area contributed by atoms with E-state index in [1.54, 1.807) is 0 Å². The van der Waals surface area contributed by atoms with E-state index in [-0.39, 0.29) is 35.1 Å². The van der Waals surface area contributed by atoms with Crippen LogP contribution in [0, 0.1) is 0 Å². The Kier molecular flexibility index (Phi) is 5.48. The van der Waals surface area contributed by atoms with Crippen molar-refractivity contribution >= 4 is 33.0 Å². The number of hydrogen-bond acceptors (Lipinski definition) is 5. The summed E-state index contributed by atoms with van der Waals surface area (Å²) in [5, 5.41) is 7.39. The molecule has 0 aliphatic carbocycles. The van der Waals surface area contributed by atoms with Gasteiger partial charge in [0.1, 0.15) is 16.5 Å². The van der Waals surface area contributed by atoms with E-state index in [0.717, 1.165) is 12.1 Å². The first-order valence-corrected chi connectivity index (χ1v) is 7.75. The summed E-state index contributed by atoms with van der Waals surface area (Å²) >= 11 is 4.72. The second-order valence-electron chi connectivity index (χ2n) is 4.10. The number of sulfonamides is 1. The van der Waals surface area contributed by atoms with Gasteiger partial charge in [-0.05, 0) is 18.6 Å². The van der Waals surface area contributed by atoms with Crippen LogP contribution in [0.2, 0.25) is 0 Å². The summed E-state index contributed by atoms with van der Waals surface area (Å²) in [4.78, 5) is 3.29. The van der Waals surface area contributed by atoms with E-state index in [2.05, 4.69) is 10.3 Å². The van der Waals surface area contributed by atoms with Gasteiger partial charge in [0, 0.05) is 6.54 Å². The molecule has 0 fully saturated rings. The smallest absolute Gasteiger partial charge is 0.389 e. The third-order valence-corrected chi connectivity index (χ3v) is 3.43. The van der Waals surface area contributed by atoms with E-state index in [9.17, 15) is 21.6 Å². The Hall–Kier alpha value is -1.46. The lowest BCUT2D eigenvalue weighted by Crippen LogP contribution is -2.21. The van der Waals surface area contributed by atoms with E-state index < -0.39 is 21.9 Å². The molecule has 0 atom stereocenters. The Balaban J connectivity index is 2.89. The molecule has 0 saturated carbocycles. The number of nitrogens with zero attached hydrogens (tertiary/aromatic N) is 1. The number of pyridine rings is 1. The Labute approximate surface area is 124 Å². The molecule has 1 rings (SSSR count). The Morgan fingerprint density at radius 3 is 2.48 bits per heavy atom. The van der Waals surface area contributed by atoms with Crippen molar-refractivity contribution in [2.75, 3.05) is 17.6 Å². The lowest BCUT2D eigenvalue weighted by molar-refractivity contribution is -0.141. The molecule has 0 aliphatic rings. The van der Waals surface area contributed by atoms with Crippen LogP contribution in [0.4, 0.5) is 19.0 Å². The van der Waals surface area contributed by atoms with E-state index >= 15 is 0 Å². The summed E-state index contributed by atoms with van der Waals surface area (Å²) in [5.74, 6) is -0.451. The summed E-state index contributed by atoms with van der Waals surface area (Å²) in [6, 6.07) is 1.88. The molecule has 1 heterocycles. The number of nitrogens with two attached hydrogens (primary N) is 2. The first kappa shape index (κ1) is 17.6. The normalized spacial score (nSPS) is 12.2. The fourth-order valence-electron chi connectivity index (χ4n) is 1.43. The molecule has 0 aliphatic heterocycles. The van der Waals surface area contributed by atoms with Crippen LogP contribution in [-0.2, 0) is 16.2 Å². The lowest BCUT2D eigenvalue weighted by atomic mass is 10.2. The highest BCUT2D eigenvalue weighted by Crippen LogP contribution is 2.29. The standard InChI is InChI=1S/C10H13F3N4O2S2/c11-10(12,13)7-3-2-6(8(14)20)9(17-7)16-4-1-5-21(15,18)19/h2-3H,1,4-5H2,(H2,14,20)(H,16,17)(H2,15,18,19). The molecule has 0 bridgehead atoms. The predicted octanol–water partition coefficient (Wildman–Crippen LogP) is 0.825. The molecule has 11 heteroatoms. The van der Waals surface area contributed by atoms with Crippen molar-refractivity contribution in [1.29, 1.82) is 0 Å². The highest BCUT2D eigenvalue weighted by atomic mass is 32.2. The van der Waals surface area contributed by atoms with E-state index in [4.69, 9.17) is 23.1 Å². The van der Waals surface area contributed by atoms with E-state index in [1.807, 2.05) is 0 Å². The fraction of sp³-hybridized carbons (Fsp3) is 0.400. The number of rotatable bonds is 6. The van der Waals surface area contributed by atoms with Crippen LogP contribution in [0.25, 0.3) is 0 Å². The van der Waals surface area contributed by atoms with Gasteiger partial charge in [-0.25, -0.2) is 18.5 Å². The number of halogens is 3. The average Bonchev–Trinajstić information content (AvgIpc) is 2.32. The van der Waals surface area contributed by atoms with Gasteiger partial charge in [-0.1, -0.05) is 12.2 Å². The zero-order valence-electron chi connectivity index (χ0n) is 10.6. The first-order chi connectivity index (χ1) is 9.50. The van der Waals surface area contributed by atoms with Crippen LogP contribution in [0.1, 0.15) is 17.7 Å². The van der Waals surface area contributed by atoms with Gasteiger partial charge in [-0.3, -0.25) is 0 Å². The summed E-state index contributed by atoms with van der Waals surface area (Å²) in [6.45, 7) is 0.0559. The van der Waals surface area contributed by atoms with Crippen LogP contribution in [0.5, 0.6) is 0 Å². The Morgan fingerprint density at radius 1 is 1.38 bits per heavy atom. The number of aromatic nitrogens is 1. The maximum atomic E-state index is 12.6. The number of primary sulfonamides is 1. The largest absolute Gasteiger partial charge is 0.433 e.